The zero-order valence-electron chi connectivity index (χ0n) is 11.1. The van der Waals surface area contributed by atoms with Crippen molar-refractivity contribution >= 4 is 17.7 Å². The van der Waals surface area contributed by atoms with Gasteiger partial charge in [0.1, 0.15) is 5.54 Å². The highest BCUT2D eigenvalue weighted by atomic mass is 32.2. The molecule has 0 bridgehead atoms. The van der Waals surface area contributed by atoms with E-state index in [0.717, 1.165) is 31.0 Å². The molecule has 0 radical (unpaired) electrons. The number of rotatable bonds is 11. The summed E-state index contributed by atoms with van der Waals surface area (Å²) in [4.78, 5) is 11.1. The molecule has 1 unspecified atom stereocenters. The maximum atomic E-state index is 11.1. The van der Waals surface area contributed by atoms with Crippen LogP contribution in [-0.4, -0.2) is 48.4 Å². The second kappa shape index (κ2) is 9.74. The van der Waals surface area contributed by atoms with Gasteiger partial charge in [0.15, 0.2) is 0 Å². The Bertz CT molecular complexity index is 214. The second-order valence-corrected chi connectivity index (χ2v) is 5.45. The first-order valence-electron chi connectivity index (χ1n) is 6.12. The Hall–Kier alpha value is -0.260. The minimum atomic E-state index is -0.772. The molecule has 0 aromatic rings. The van der Waals surface area contributed by atoms with Crippen LogP contribution in [0.4, 0.5) is 0 Å². The molecule has 0 saturated carbocycles. The first kappa shape index (κ1) is 16.7. The second-order valence-electron chi connectivity index (χ2n) is 4.23. The van der Waals surface area contributed by atoms with E-state index in [1.165, 1.54) is 0 Å². The largest absolute Gasteiger partial charge is 0.480 e. The van der Waals surface area contributed by atoms with Crippen LogP contribution in [0, 0.1) is 0 Å². The molecule has 17 heavy (non-hydrogen) atoms. The van der Waals surface area contributed by atoms with Crippen molar-refractivity contribution in [3.05, 3.63) is 0 Å². The van der Waals surface area contributed by atoms with Gasteiger partial charge in [-0.05, 0) is 32.1 Å². The zero-order chi connectivity index (χ0) is 13.1. The minimum Gasteiger partial charge on any atom is -0.480 e. The van der Waals surface area contributed by atoms with E-state index in [2.05, 4.69) is 5.32 Å². The van der Waals surface area contributed by atoms with Gasteiger partial charge in [-0.1, -0.05) is 13.3 Å². The van der Waals surface area contributed by atoms with E-state index >= 15 is 0 Å². The molecule has 4 nitrogen and oxygen atoms in total. The van der Waals surface area contributed by atoms with Gasteiger partial charge >= 0.3 is 5.97 Å². The van der Waals surface area contributed by atoms with Gasteiger partial charge < -0.3 is 15.2 Å². The third-order valence-corrected chi connectivity index (χ3v) is 3.72. The number of hydrogen-bond acceptors (Lipinski definition) is 4. The minimum absolute atomic E-state index is 0.682. The Morgan fingerprint density at radius 3 is 2.65 bits per heavy atom. The quantitative estimate of drug-likeness (QED) is 0.558. The number of ether oxygens (including phenoxy) is 1. The van der Waals surface area contributed by atoms with Crippen LogP contribution in [0.15, 0.2) is 0 Å². The summed E-state index contributed by atoms with van der Waals surface area (Å²) >= 11 is 1.86. The Kier molecular flexibility index (Phi) is 9.59. The molecule has 0 aromatic heterocycles. The van der Waals surface area contributed by atoms with Crippen molar-refractivity contribution in [2.24, 2.45) is 0 Å². The van der Waals surface area contributed by atoms with Crippen molar-refractivity contribution in [3.63, 3.8) is 0 Å². The van der Waals surface area contributed by atoms with E-state index in [9.17, 15) is 4.79 Å². The molecule has 0 saturated heterocycles. The summed E-state index contributed by atoms with van der Waals surface area (Å²) in [5.74, 6) is 1.33. The molecule has 0 fully saturated rings. The molecule has 0 heterocycles. The fraction of sp³-hybridized carbons (Fsp3) is 0.917. The topological polar surface area (TPSA) is 58.6 Å². The maximum absolute atomic E-state index is 11.1. The summed E-state index contributed by atoms with van der Waals surface area (Å²) in [5.41, 5.74) is -0.772. The van der Waals surface area contributed by atoms with E-state index in [0.29, 0.717) is 13.0 Å². The number of carboxylic acid groups (broad SMARTS) is 1. The Morgan fingerprint density at radius 1 is 1.41 bits per heavy atom. The predicted octanol–water partition coefficient (Wildman–Crippen LogP) is 1.99. The van der Waals surface area contributed by atoms with Gasteiger partial charge in [0.2, 0.25) is 0 Å². The molecular formula is C12H25NO3S. The molecule has 0 rings (SSSR count). The Morgan fingerprint density at radius 2 is 2.12 bits per heavy atom. The summed E-state index contributed by atoms with van der Waals surface area (Å²) in [6, 6.07) is 0. The van der Waals surface area contributed by atoms with Crippen LogP contribution in [0.25, 0.3) is 0 Å². The van der Waals surface area contributed by atoms with E-state index < -0.39 is 11.5 Å². The average molecular weight is 263 g/mol. The third kappa shape index (κ3) is 7.63. The van der Waals surface area contributed by atoms with Crippen molar-refractivity contribution in [2.75, 3.05) is 31.8 Å². The average Bonchev–Trinajstić information content (AvgIpc) is 2.28. The van der Waals surface area contributed by atoms with E-state index in [-0.39, 0.29) is 0 Å². The van der Waals surface area contributed by atoms with E-state index in [4.69, 9.17) is 9.84 Å². The summed E-state index contributed by atoms with van der Waals surface area (Å²) < 4.78 is 4.96. The standard InChI is InChI=1S/C12H25NO3S/c1-4-13-12(2,11(14)15)7-5-6-9-17-10-8-16-3/h13H,4-10H2,1-3H3,(H,14,15). The van der Waals surface area contributed by atoms with Crippen molar-refractivity contribution in [3.8, 4) is 0 Å². The summed E-state index contributed by atoms with van der Waals surface area (Å²) in [6.45, 7) is 5.17. The summed E-state index contributed by atoms with van der Waals surface area (Å²) in [6.07, 6.45) is 2.68. The number of thioether (sulfide) groups is 1. The lowest BCUT2D eigenvalue weighted by atomic mass is 9.95. The molecule has 0 spiro atoms. The lowest BCUT2D eigenvalue weighted by Gasteiger charge is -2.25. The van der Waals surface area contributed by atoms with Crippen molar-refractivity contribution in [1.82, 2.24) is 5.32 Å². The molecule has 0 amide bonds. The monoisotopic (exact) mass is 263 g/mol. The molecule has 5 heteroatoms. The van der Waals surface area contributed by atoms with Gasteiger partial charge in [-0.25, -0.2) is 0 Å². The number of carbonyl (C=O) groups is 1. The van der Waals surface area contributed by atoms with E-state index in [1.54, 1.807) is 14.0 Å². The van der Waals surface area contributed by atoms with Gasteiger partial charge in [-0.3, -0.25) is 4.79 Å². The fourth-order valence-electron chi connectivity index (χ4n) is 1.59. The predicted molar refractivity (Wildman–Crippen MR) is 72.8 cm³/mol. The molecule has 102 valence electrons. The molecule has 0 aliphatic heterocycles. The lowest BCUT2D eigenvalue weighted by Crippen LogP contribution is -2.49. The van der Waals surface area contributed by atoms with Crippen LogP contribution >= 0.6 is 11.8 Å². The first-order valence-corrected chi connectivity index (χ1v) is 7.27. The highest BCUT2D eigenvalue weighted by Gasteiger charge is 2.30. The number of carboxylic acids is 1. The van der Waals surface area contributed by atoms with Crippen LogP contribution in [0.1, 0.15) is 33.1 Å². The van der Waals surface area contributed by atoms with E-state index in [1.807, 2.05) is 18.7 Å². The molecule has 1 atom stereocenters. The number of aliphatic carboxylic acids is 1. The lowest BCUT2D eigenvalue weighted by molar-refractivity contribution is -0.144. The molecular weight excluding hydrogens is 238 g/mol. The Labute approximate surface area is 108 Å². The van der Waals surface area contributed by atoms with Gasteiger partial charge in [-0.2, -0.15) is 11.8 Å². The number of likely N-dealkylation sites (N-methyl/N-ethyl adjacent to an activating group) is 1. The van der Waals surface area contributed by atoms with Gasteiger partial charge in [0.05, 0.1) is 6.61 Å². The van der Waals surface area contributed by atoms with Crippen molar-refractivity contribution in [2.45, 2.75) is 38.6 Å². The van der Waals surface area contributed by atoms with Gasteiger partial charge in [0, 0.05) is 12.9 Å². The Balaban J connectivity index is 3.65. The number of unbranched alkanes of at least 4 members (excludes halogenated alkanes) is 1. The normalized spacial score (nSPS) is 14.5. The maximum Gasteiger partial charge on any atom is 0.323 e. The number of hydrogen-bond donors (Lipinski definition) is 2. The van der Waals surface area contributed by atoms with Crippen LogP contribution in [0.2, 0.25) is 0 Å². The highest BCUT2D eigenvalue weighted by Crippen LogP contribution is 2.15. The van der Waals surface area contributed by atoms with Gasteiger partial charge in [-0.15, -0.1) is 0 Å². The third-order valence-electron chi connectivity index (χ3n) is 2.69. The molecule has 0 aliphatic carbocycles. The number of methoxy groups -OCH3 is 1. The molecule has 0 aromatic carbocycles. The van der Waals surface area contributed by atoms with Crippen LogP contribution in [-0.2, 0) is 9.53 Å². The van der Waals surface area contributed by atoms with Crippen molar-refractivity contribution < 1.29 is 14.6 Å². The smallest absolute Gasteiger partial charge is 0.323 e. The van der Waals surface area contributed by atoms with Crippen LogP contribution in [0.5, 0.6) is 0 Å². The van der Waals surface area contributed by atoms with Gasteiger partial charge in [0.25, 0.3) is 0 Å². The van der Waals surface area contributed by atoms with Crippen molar-refractivity contribution in [1.29, 1.82) is 0 Å². The highest BCUT2D eigenvalue weighted by molar-refractivity contribution is 7.99. The van der Waals surface area contributed by atoms with Crippen LogP contribution in [0.3, 0.4) is 0 Å². The molecule has 0 aliphatic rings. The number of nitrogens with one attached hydrogen (secondary N) is 1. The first-order chi connectivity index (χ1) is 8.06. The van der Waals surface area contributed by atoms with Crippen LogP contribution < -0.4 is 5.32 Å². The fourth-order valence-corrected chi connectivity index (χ4v) is 2.48. The summed E-state index contributed by atoms with van der Waals surface area (Å²) in [7, 11) is 1.70. The molecule has 2 N–H and O–H groups in total. The zero-order valence-corrected chi connectivity index (χ0v) is 11.9. The summed E-state index contributed by atoms with van der Waals surface area (Å²) in [5, 5.41) is 12.2. The SMILES string of the molecule is CCNC(C)(CCCCSCCOC)C(=O)O.